The number of nitrogens with two attached hydrogens (primary N) is 1. The van der Waals surface area contributed by atoms with Crippen LogP contribution in [0.5, 0.6) is 0 Å². The van der Waals surface area contributed by atoms with Gasteiger partial charge in [0.05, 0.1) is 62.4 Å². The van der Waals surface area contributed by atoms with Crippen LogP contribution in [0, 0.1) is 34.0 Å². The van der Waals surface area contributed by atoms with Crippen molar-refractivity contribution in [3.8, 4) is 51.8 Å². The molecule has 0 bridgehead atoms. The Balaban J connectivity index is 1.34. The van der Waals surface area contributed by atoms with Crippen LogP contribution in [-0.4, -0.2) is 9.13 Å². The smallest absolute Gasteiger partial charge is 0.100 e. The minimum Gasteiger partial charge on any atom is -0.396 e. The van der Waals surface area contributed by atoms with E-state index >= 15 is 0 Å². The number of nitrogens with zero attached hydrogens (tertiary/aromatic N) is 5. The fraction of sp³-hybridized carbons (Fsp3) is 0.0227. The molecule has 6 heteroatoms. The number of nitrogen functional groups attached to an aromatic ring is 1. The van der Waals surface area contributed by atoms with Crippen molar-refractivity contribution in [3.05, 3.63) is 156 Å². The highest BCUT2D eigenvalue weighted by atomic mass is 15.0. The molecule has 0 atom stereocenters. The van der Waals surface area contributed by atoms with Crippen LogP contribution in [0.15, 0.2) is 133 Å². The molecular formula is C44H28N6. The first-order chi connectivity index (χ1) is 24.6. The second kappa shape index (κ2) is 12.0. The van der Waals surface area contributed by atoms with Crippen LogP contribution in [0.3, 0.4) is 0 Å². The van der Waals surface area contributed by atoms with E-state index < -0.39 is 0 Å². The average molecular weight is 641 g/mol. The molecule has 50 heavy (non-hydrogen) atoms. The SMILES string of the molecule is C/C=C\c1c(N)c2ccccc2n1-c1ccccc1-c1cccc(-c2cccc(-n3c4ccc(C#N)cc4c4c(C#N)cccc43)c2)c1C#N. The predicted molar refractivity (Wildman–Crippen MR) is 202 cm³/mol. The number of anilines is 1. The highest BCUT2D eigenvalue weighted by molar-refractivity contribution is 6.12. The Morgan fingerprint density at radius 3 is 2.14 bits per heavy atom. The summed E-state index contributed by atoms with van der Waals surface area (Å²) in [5.41, 5.74) is 17.9. The average Bonchev–Trinajstić information content (AvgIpc) is 3.65. The molecule has 0 fully saturated rings. The molecule has 0 saturated carbocycles. The number of fused-ring (bicyclic) bond motifs is 4. The molecule has 234 valence electrons. The lowest BCUT2D eigenvalue weighted by Crippen LogP contribution is -2.01. The Morgan fingerprint density at radius 1 is 0.600 bits per heavy atom. The summed E-state index contributed by atoms with van der Waals surface area (Å²) in [5.74, 6) is 0. The van der Waals surface area contributed by atoms with Gasteiger partial charge in [0, 0.05) is 38.5 Å². The third kappa shape index (κ3) is 4.54. The molecule has 0 amide bonds. The number of nitriles is 3. The third-order valence-electron chi connectivity index (χ3n) is 9.34. The minimum absolute atomic E-state index is 0.530. The molecular weight excluding hydrogens is 613 g/mol. The topological polar surface area (TPSA) is 107 Å². The number of hydrogen-bond donors (Lipinski definition) is 1. The predicted octanol–water partition coefficient (Wildman–Crippen LogP) is 10.3. The molecule has 0 saturated heterocycles. The molecule has 0 radical (unpaired) electrons. The number of rotatable bonds is 5. The molecule has 0 spiro atoms. The zero-order valence-corrected chi connectivity index (χ0v) is 27.1. The van der Waals surface area contributed by atoms with E-state index in [9.17, 15) is 15.8 Å². The lowest BCUT2D eigenvalue weighted by atomic mass is 9.91. The summed E-state index contributed by atoms with van der Waals surface area (Å²) in [6, 6.07) is 48.6. The Bertz CT molecular complexity index is 2830. The van der Waals surface area contributed by atoms with E-state index in [4.69, 9.17) is 5.73 Å². The van der Waals surface area contributed by atoms with Crippen molar-refractivity contribution in [2.75, 3.05) is 5.73 Å². The van der Waals surface area contributed by atoms with Crippen LogP contribution in [0.2, 0.25) is 0 Å². The highest BCUT2D eigenvalue weighted by Crippen LogP contribution is 2.40. The largest absolute Gasteiger partial charge is 0.396 e. The standard InChI is InChI=1S/C44H28N6/c1-2-10-42-44(48)35-15-4-6-19-39(35)50(42)38-18-5-3-14-34(38)33-17-9-16-32(37(33)27-47)29-11-7-13-31(24-29)49-40-22-21-28(25-45)23-36(40)43-30(26-46)12-8-20-41(43)49/h2-24H,48H2,1H3/b10-2-. The minimum atomic E-state index is 0.530. The zero-order valence-electron chi connectivity index (χ0n) is 27.1. The molecule has 2 aromatic heterocycles. The normalized spacial score (nSPS) is 11.2. The van der Waals surface area contributed by atoms with Crippen LogP contribution in [0.25, 0.3) is 72.4 Å². The lowest BCUT2D eigenvalue weighted by molar-refractivity contribution is 1.11. The highest BCUT2D eigenvalue weighted by Gasteiger charge is 2.21. The van der Waals surface area contributed by atoms with Crippen molar-refractivity contribution in [2.24, 2.45) is 0 Å². The Kier molecular flexibility index (Phi) is 7.23. The number of hydrogen-bond acceptors (Lipinski definition) is 4. The van der Waals surface area contributed by atoms with Gasteiger partial charge in [-0.15, -0.1) is 0 Å². The van der Waals surface area contributed by atoms with E-state index in [1.807, 2.05) is 110 Å². The summed E-state index contributed by atoms with van der Waals surface area (Å²) in [6.07, 6.45) is 4.01. The van der Waals surface area contributed by atoms with Crippen molar-refractivity contribution in [1.29, 1.82) is 15.8 Å². The monoisotopic (exact) mass is 640 g/mol. The van der Waals surface area contributed by atoms with E-state index in [2.05, 4.69) is 51.6 Å². The molecule has 0 aliphatic rings. The zero-order chi connectivity index (χ0) is 34.4. The maximum Gasteiger partial charge on any atom is 0.100 e. The van der Waals surface area contributed by atoms with Gasteiger partial charge >= 0.3 is 0 Å². The molecule has 0 aliphatic carbocycles. The summed E-state index contributed by atoms with van der Waals surface area (Å²) in [5, 5.41) is 33.0. The van der Waals surface area contributed by atoms with E-state index in [0.29, 0.717) is 22.4 Å². The first-order valence-electron chi connectivity index (χ1n) is 16.2. The maximum absolute atomic E-state index is 10.8. The van der Waals surface area contributed by atoms with Gasteiger partial charge in [0.2, 0.25) is 0 Å². The Labute approximate surface area is 289 Å². The van der Waals surface area contributed by atoms with Crippen molar-refractivity contribution in [1.82, 2.24) is 9.13 Å². The van der Waals surface area contributed by atoms with Gasteiger partial charge in [-0.3, -0.25) is 0 Å². The number of aromatic nitrogens is 2. The third-order valence-corrected chi connectivity index (χ3v) is 9.34. The van der Waals surface area contributed by atoms with Crippen molar-refractivity contribution < 1.29 is 0 Å². The fourth-order valence-electron chi connectivity index (χ4n) is 7.22. The van der Waals surface area contributed by atoms with Gasteiger partial charge in [0.15, 0.2) is 0 Å². The molecule has 0 unspecified atom stereocenters. The van der Waals surface area contributed by atoms with Gasteiger partial charge in [0.25, 0.3) is 0 Å². The number of benzene rings is 6. The van der Waals surface area contributed by atoms with Crippen molar-refractivity contribution in [3.63, 3.8) is 0 Å². The van der Waals surface area contributed by atoms with Gasteiger partial charge in [0.1, 0.15) is 6.07 Å². The second-order valence-electron chi connectivity index (χ2n) is 12.0. The van der Waals surface area contributed by atoms with E-state index in [-0.39, 0.29) is 0 Å². The summed E-state index contributed by atoms with van der Waals surface area (Å²) >= 11 is 0. The van der Waals surface area contributed by atoms with Gasteiger partial charge in [-0.2, -0.15) is 15.8 Å². The summed E-state index contributed by atoms with van der Waals surface area (Å²) in [6.45, 7) is 1.98. The summed E-state index contributed by atoms with van der Waals surface area (Å²) in [7, 11) is 0. The molecule has 2 heterocycles. The van der Waals surface area contributed by atoms with Crippen LogP contribution < -0.4 is 5.73 Å². The molecule has 6 nitrogen and oxygen atoms in total. The van der Waals surface area contributed by atoms with Crippen molar-refractivity contribution >= 4 is 44.5 Å². The van der Waals surface area contributed by atoms with Crippen molar-refractivity contribution in [2.45, 2.75) is 6.92 Å². The van der Waals surface area contributed by atoms with Gasteiger partial charge < -0.3 is 14.9 Å². The number of allylic oxidation sites excluding steroid dienone is 1. The Morgan fingerprint density at radius 2 is 1.32 bits per heavy atom. The van der Waals surface area contributed by atoms with Crippen LogP contribution in [0.4, 0.5) is 5.69 Å². The quantitative estimate of drug-likeness (QED) is 0.202. The molecule has 8 rings (SSSR count). The van der Waals surface area contributed by atoms with Gasteiger partial charge in [-0.1, -0.05) is 78.9 Å². The lowest BCUT2D eigenvalue weighted by Gasteiger charge is -2.17. The summed E-state index contributed by atoms with van der Waals surface area (Å²) in [4.78, 5) is 0. The molecule has 6 aromatic carbocycles. The molecule has 8 aromatic rings. The van der Waals surface area contributed by atoms with E-state index in [1.165, 1.54) is 0 Å². The second-order valence-corrected chi connectivity index (χ2v) is 12.0. The first kappa shape index (κ1) is 30.0. The van der Waals surface area contributed by atoms with E-state index in [1.54, 1.807) is 12.1 Å². The van der Waals surface area contributed by atoms with Crippen LogP contribution in [-0.2, 0) is 0 Å². The first-order valence-corrected chi connectivity index (χ1v) is 16.2. The fourth-order valence-corrected chi connectivity index (χ4v) is 7.22. The van der Waals surface area contributed by atoms with E-state index in [0.717, 1.165) is 72.0 Å². The van der Waals surface area contributed by atoms with Gasteiger partial charge in [-0.05, 0) is 73.2 Å². The number of para-hydroxylation sites is 2. The van der Waals surface area contributed by atoms with Gasteiger partial charge in [-0.25, -0.2) is 0 Å². The van der Waals surface area contributed by atoms with Crippen LogP contribution >= 0.6 is 0 Å². The summed E-state index contributed by atoms with van der Waals surface area (Å²) < 4.78 is 4.29. The molecule has 2 N–H and O–H groups in total. The maximum atomic E-state index is 10.8. The Hall–Kier alpha value is -7.33. The molecule has 0 aliphatic heterocycles. The van der Waals surface area contributed by atoms with Crippen LogP contribution in [0.1, 0.15) is 29.3 Å².